The molecule has 0 heterocycles. The lowest BCUT2D eigenvalue weighted by atomic mass is 9.87. The molecule has 30 heavy (non-hydrogen) atoms. The van der Waals surface area contributed by atoms with Crippen molar-refractivity contribution in [3.63, 3.8) is 0 Å². The van der Waals surface area contributed by atoms with Gasteiger partial charge in [0.2, 0.25) is 0 Å². The predicted molar refractivity (Wildman–Crippen MR) is 130 cm³/mol. The molecular weight excluding hydrogens is 380 g/mol. The Morgan fingerprint density at radius 1 is 0.733 bits per heavy atom. The molecule has 0 aliphatic heterocycles. The van der Waals surface area contributed by atoms with Crippen LogP contribution >= 0.6 is 0 Å². The Morgan fingerprint density at radius 2 is 1.23 bits per heavy atom. The third-order valence-corrected chi connectivity index (χ3v) is 10.4. The molecule has 0 spiro atoms. The summed E-state index contributed by atoms with van der Waals surface area (Å²) in [6.07, 6.45) is 0.712. The van der Waals surface area contributed by atoms with Crippen molar-refractivity contribution < 1.29 is 4.43 Å². The van der Waals surface area contributed by atoms with Crippen molar-refractivity contribution in [2.45, 2.75) is 50.9 Å². The molecule has 154 valence electrons. The summed E-state index contributed by atoms with van der Waals surface area (Å²) in [6, 6.07) is 31.2. The molecule has 1 nitrogen and oxygen atoms in total. The monoisotopic (exact) mass is 412 g/mol. The molecule has 1 atom stereocenters. The van der Waals surface area contributed by atoms with Gasteiger partial charge >= 0.3 is 0 Å². The zero-order valence-corrected chi connectivity index (χ0v) is 19.8. The highest BCUT2D eigenvalue weighted by Crippen LogP contribution is 2.43. The summed E-state index contributed by atoms with van der Waals surface area (Å²) in [6.45, 7) is 11.5. The first-order valence-electron chi connectivity index (χ1n) is 10.6. The highest BCUT2D eigenvalue weighted by atomic mass is 28.4. The highest BCUT2D eigenvalue weighted by Gasteiger charge is 2.45. The molecule has 2 heteroatoms. The van der Waals surface area contributed by atoms with Crippen molar-refractivity contribution in [3.05, 3.63) is 108 Å². The van der Waals surface area contributed by atoms with Gasteiger partial charge in [-0.15, -0.1) is 0 Å². The number of benzene rings is 3. The van der Waals surface area contributed by atoms with Crippen LogP contribution in [-0.4, -0.2) is 8.32 Å². The second-order valence-corrected chi connectivity index (χ2v) is 14.1. The molecule has 3 rings (SSSR count). The fourth-order valence-corrected chi connectivity index (χ4v) is 4.63. The maximum atomic E-state index is 7.17. The van der Waals surface area contributed by atoms with E-state index in [-0.39, 0.29) is 5.04 Å². The van der Waals surface area contributed by atoms with Crippen LogP contribution in [-0.2, 0) is 16.4 Å². The minimum Gasteiger partial charge on any atom is -0.397 e. The smallest absolute Gasteiger partial charge is 0.194 e. The van der Waals surface area contributed by atoms with E-state index in [4.69, 9.17) is 4.43 Å². The van der Waals surface area contributed by atoms with Gasteiger partial charge in [-0.1, -0.05) is 111 Å². The van der Waals surface area contributed by atoms with Gasteiger partial charge in [0.05, 0.1) is 0 Å². The largest absolute Gasteiger partial charge is 0.397 e. The minimum absolute atomic E-state index is 0.0815. The van der Waals surface area contributed by atoms with Gasteiger partial charge in [-0.3, -0.25) is 0 Å². The van der Waals surface area contributed by atoms with E-state index in [2.05, 4.69) is 112 Å². The van der Waals surface area contributed by atoms with Gasteiger partial charge in [-0.25, -0.2) is 0 Å². The fourth-order valence-electron chi connectivity index (χ4n) is 3.21. The predicted octanol–water partition coefficient (Wildman–Crippen LogP) is 7.20. The third-order valence-electron chi connectivity index (χ3n) is 5.95. The van der Waals surface area contributed by atoms with Crippen molar-refractivity contribution >= 4 is 8.32 Å². The van der Waals surface area contributed by atoms with Crippen molar-refractivity contribution in [2.24, 2.45) is 0 Å². The molecule has 0 bridgehead atoms. The Morgan fingerprint density at radius 3 is 1.77 bits per heavy atom. The van der Waals surface area contributed by atoms with Gasteiger partial charge in [0.15, 0.2) is 8.32 Å². The topological polar surface area (TPSA) is 9.23 Å². The molecule has 0 radical (unpaired) electrons. The lowest BCUT2D eigenvalue weighted by Gasteiger charge is -2.44. The van der Waals surface area contributed by atoms with E-state index in [0.29, 0.717) is 6.42 Å². The van der Waals surface area contributed by atoms with E-state index in [1.165, 1.54) is 5.56 Å². The first-order valence-corrected chi connectivity index (χ1v) is 13.5. The molecule has 0 aliphatic carbocycles. The van der Waals surface area contributed by atoms with E-state index in [1.807, 2.05) is 24.3 Å². The number of rotatable bonds is 5. The first kappa shape index (κ1) is 22.1. The van der Waals surface area contributed by atoms with Crippen LogP contribution in [0.2, 0.25) is 18.1 Å². The Labute approximate surface area is 183 Å². The highest BCUT2D eigenvalue weighted by molar-refractivity contribution is 6.74. The molecule has 0 aliphatic rings. The second kappa shape index (κ2) is 9.04. The normalized spacial score (nSPS) is 13.8. The van der Waals surface area contributed by atoms with E-state index < -0.39 is 13.9 Å². The molecule has 0 saturated carbocycles. The summed E-state index contributed by atoms with van der Waals surface area (Å²) in [7, 11) is -2.12. The Hall–Kier alpha value is -2.60. The molecule has 3 aromatic rings. The summed E-state index contributed by atoms with van der Waals surface area (Å²) in [5.74, 6) is 7.03. The zero-order chi connectivity index (χ0) is 21.7. The van der Waals surface area contributed by atoms with Crippen LogP contribution in [0.15, 0.2) is 91.0 Å². The molecular formula is C28H32OSi. The molecule has 1 unspecified atom stereocenters. The van der Waals surface area contributed by atoms with E-state index in [1.54, 1.807) is 0 Å². The molecule has 0 saturated heterocycles. The summed E-state index contributed by atoms with van der Waals surface area (Å²) in [4.78, 5) is 0. The van der Waals surface area contributed by atoms with E-state index in [9.17, 15) is 0 Å². The average Bonchev–Trinajstić information content (AvgIpc) is 2.73. The standard InChI is InChI=1S/C28H32OSi/c1-27(2,3)30(4,5)29-28(26-19-13-8-14-20-26,23-25-17-11-7-12-18-25)22-21-24-15-9-6-10-16-24/h6-20H,23H2,1-5H3. The zero-order valence-electron chi connectivity index (χ0n) is 18.8. The molecule has 3 aromatic carbocycles. The van der Waals surface area contributed by atoms with Gasteiger partial charge in [0.1, 0.15) is 5.60 Å². The van der Waals surface area contributed by atoms with Crippen LogP contribution in [0.4, 0.5) is 0 Å². The van der Waals surface area contributed by atoms with Gasteiger partial charge < -0.3 is 4.43 Å². The van der Waals surface area contributed by atoms with Crippen molar-refractivity contribution in [1.29, 1.82) is 0 Å². The minimum atomic E-state index is -2.12. The van der Waals surface area contributed by atoms with Crippen LogP contribution < -0.4 is 0 Å². The van der Waals surface area contributed by atoms with Gasteiger partial charge in [0.25, 0.3) is 0 Å². The first-order chi connectivity index (χ1) is 14.2. The van der Waals surface area contributed by atoms with E-state index in [0.717, 1.165) is 11.1 Å². The van der Waals surface area contributed by atoms with Crippen LogP contribution in [0.5, 0.6) is 0 Å². The van der Waals surface area contributed by atoms with Crippen molar-refractivity contribution in [2.75, 3.05) is 0 Å². The maximum absolute atomic E-state index is 7.17. The lowest BCUT2D eigenvalue weighted by Crippen LogP contribution is -2.49. The summed E-state index contributed by atoms with van der Waals surface area (Å²) in [5, 5.41) is 0.0815. The van der Waals surface area contributed by atoms with E-state index >= 15 is 0 Å². The second-order valence-electron chi connectivity index (χ2n) is 9.33. The molecule has 0 N–H and O–H groups in total. The fraction of sp³-hybridized carbons (Fsp3) is 0.286. The van der Waals surface area contributed by atoms with Crippen LogP contribution in [0.1, 0.15) is 37.5 Å². The average molecular weight is 413 g/mol. The van der Waals surface area contributed by atoms with Gasteiger partial charge in [0, 0.05) is 12.0 Å². The van der Waals surface area contributed by atoms with Crippen LogP contribution in [0.25, 0.3) is 0 Å². The van der Waals surface area contributed by atoms with Crippen LogP contribution in [0, 0.1) is 11.8 Å². The van der Waals surface area contributed by atoms with Crippen molar-refractivity contribution in [3.8, 4) is 11.8 Å². The Balaban J connectivity index is 2.18. The number of hydrogen-bond acceptors (Lipinski definition) is 1. The SMILES string of the molecule is CC(C)(C)[Si](C)(C)OC(C#Cc1ccccc1)(Cc1ccccc1)c1ccccc1. The Bertz CT molecular complexity index is 993. The molecule has 0 fully saturated rings. The lowest BCUT2D eigenvalue weighted by molar-refractivity contribution is 0.111. The number of hydrogen-bond donors (Lipinski definition) is 0. The summed E-state index contributed by atoms with van der Waals surface area (Å²) in [5.41, 5.74) is 2.63. The quantitative estimate of drug-likeness (QED) is 0.318. The van der Waals surface area contributed by atoms with Gasteiger partial charge in [-0.2, -0.15) is 0 Å². The van der Waals surface area contributed by atoms with Crippen molar-refractivity contribution in [1.82, 2.24) is 0 Å². The maximum Gasteiger partial charge on any atom is 0.194 e. The van der Waals surface area contributed by atoms with Gasteiger partial charge in [-0.05, 0) is 41.4 Å². The molecule has 0 amide bonds. The Kier molecular flexibility index (Phi) is 6.66. The summed E-state index contributed by atoms with van der Waals surface area (Å²) >= 11 is 0. The summed E-state index contributed by atoms with van der Waals surface area (Å²) < 4.78 is 7.17. The third kappa shape index (κ3) is 5.30. The van der Waals surface area contributed by atoms with Crippen LogP contribution in [0.3, 0.4) is 0 Å². The molecule has 0 aromatic heterocycles.